The van der Waals surface area contributed by atoms with Crippen molar-refractivity contribution in [2.24, 2.45) is 14.1 Å². The van der Waals surface area contributed by atoms with Crippen LogP contribution in [0.3, 0.4) is 0 Å². The van der Waals surface area contributed by atoms with E-state index in [1.165, 1.54) is 15.5 Å². The van der Waals surface area contributed by atoms with Gasteiger partial charge in [-0.15, -0.1) is 0 Å². The number of rotatable bonds is 6. The van der Waals surface area contributed by atoms with E-state index < -0.39 is 11.8 Å². The third kappa shape index (κ3) is 2.91. The number of unbranched alkanes of at least 4 members (excludes halogenated alkanes) is 1. The highest BCUT2D eigenvalue weighted by Crippen LogP contribution is 2.05. The van der Waals surface area contributed by atoms with E-state index in [-0.39, 0.29) is 18.7 Å². The molecular weight excluding hydrogens is 276 g/mol. The van der Waals surface area contributed by atoms with Crippen LogP contribution in [0.5, 0.6) is 0 Å². The van der Waals surface area contributed by atoms with Gasteiger partial charge in [0, 0.05) is 20.6 Å². The predicted octanol–water partition coefficient (Wildman–Crippen LogP) is -1.04. The highest BCUT2D eigenvalue weighted by Gasteiger charge is 2.14. The van der Waals surface area contributed by atoms with E-state index in [9.17, 15) is 14.7 Å². The second-order valence-electron chi connectivity index (χ2n) is 5.16. The maximum Gasteiger partial charge on any atom is 0.332 e. The number of aryl methyl sites for hydroxylation is 2. The first-order valence-corrected chi connectivity index (χ1v) is 6.87. The lowest BCUT2D eigenvalue weighted by atomic mass is 10.1. The predicted molar refractivity (Wildman–Crippen MR) is 77.2 cm³/mol. The van der Waals surface area contributed by atoms with Crippen molar-refractivity contribution >= 4 is 11.2 Å². The topological polar surface area (TPSA) is 102 Å². The van der Waals surface area contributed by atoms with Gasteiger partial charge in [-0.25, -0.2) is 9.78 Å². The van der Waals surface area contributed by atoms with Gasteiger partial charge in [-0.05, 0) is 19.3 Å². The lowest BCUT2D eigenvalue weighted by molar-refractivity contribution is 0.0858. The molecule has 2 rings (SSSR count). The number of aromatic nitrogens is 4. The van der Waals surface area contributed by atoms with Crippen LogP contribution in [0.4, 0.5) is 0 Å². The van der Waals surface area contributed by atoms with Gasteiger partial charge >= 0.3 is 5.69 Å². The zero-order valence-corrected chi connectivity index (χ0v) is 12.2. The SMILES string of the molecule is Cn1cnc2c1c(=O)n(CCCCC(O)CO)c(=O)n2C. The molecule has 2 aromatic rings. The molecule has 0 aliphatic rings. The second-order valence-corrected chi connectivity index (χ2v) is 5.16. The summed E-state index contributed by atoms with van der Waals surface area (Å²) in [6.45, 7) is 0.00741. The summed E-state index contributed by atoms with van der Waals surface area (Å²) < 4.78 is 4.15. The first-order chi connectivity index (χ1) is 9.97. The minimum atomic E-state index is -0.746. The van der Waals surface area contributed by atoms with Gasteiger partial charge < -0.3 is 14.8 Å². The number of hydrogen-bond acceptors (Lipinski definition) is 5. The first kappa shape index (κ1) is 15.5. The molecule has 0 aromatic carbocycles. The van der Waals surface area contributed by atoms with Crippen molar-refractivity contribution in [2.75, 3.05) is 6.61 Å². The van der Waals surface area contributed by atoms with Crippen LogP contribution < -0.4 is 11.2 Å². The Hall–Kier alpha value is -1.93. The Morgan fingerprint density at radius 2 is 2.00 bits per heavy atom. The van der Waals surface area contributed by atoms with Crippen LogP contribution in [-0.4, -0.2) is 41.6 Å². The van der Waals surface area contributed by atoms with Gasteiger partial charge in [0.15, 0.2) is 11.2 Å². The van der Waals surface area contributed by atoms with Crippen molar-refractivity contribution in [3.8, 4) is 0 Å². The summed E-state index contributed by atoms with van der Waals surface area (Å²) in [5.41, 5.74) is 0.0247. The minimum absolute atomic E-state index is 0.275. The molecule has 0 aliphatic heterocycles. The van der Waals surface area contributed by atoms with Gasteiger partial charge in [0.2, 0.25) is 0 Å². The number of imidazole rings is 1. The highest BCUT2D eigenvalue weighted by molar-refractivity contribution is 5.69. The highest BCUT2D eigenvalue weighted by atomic mass is 16.3. The Kier molecular flexibility index (Phi) is 4.59. The van der Waals surface area contributed by atoms with Crippen LogP contribution in [0.1, 0.15) is 19.3 Å². The number of aliphatic hydroxyl groups is 2. The molecule has 2 aromatic heterocycles. The molecule has 8 nitrogen and oxygen atoms in total. The van der Waals surface area contributed by atoms with Crippen LogP contribution in [-0.2, 0) is 20.6 Å². The van der Waals surface area contributed by atoms with Crippen LogP contribution in [0.15, 0.2) is 15.9 Å². The number of fused-ring (bicyclic) bond motifs is 1. The van der Waals surface area contributed by atoms with E-state index in [1.54, 1.807) is 18.7 Å². The molecule has 0 bridgehead atoms. The molecule has 0 saturated carbocycles. The zero-order chi connectivity index (χ0) is 15.6. The largest absolute Gasteiger partial charge is 0.394 e. The fourth-order valence-electron chi connectivity index (χ4n) is 2.33. The normalized spacial score (nSPS) is 13.0. The Balaban J connectivity index is 2.26. The summed E-state index contributed by atoms with van der Waals surface area (Å²) in [6.07, 6.45) is 2.41. The summed E-state index contributed by atoms with van der Waals surface area (Å²) >= 11 is 0. The summed E-state index contributed by atoms with van der Waals surface area (Å²) in [6, 6.07) is 0. The molecule has 0 radical (unpaired) electrons. The smallest absolute Gasteiger partial charge is 0.332 e. The molecule has 116 valence electrons. The van der Waals surface area contributed by atoms with Crippen molar-refractivity contribution in [1.82, 2.24) is 18.7 Å². The molecule has 1 atom stereocenters. The molecule has 2 heterocycles. The third-order valence-electron chi connectivity index (χ3n) is 3.58. The average Bonchev–Trinajstić information content (AvgIpc) is 2.86. The van der Waals surface area contributed by atoms with Crippen molar-refractivity contribution in [2.45, 2.75) is 31.9 Å². The van der Waals surface area contributed by atoms with Gasteiger partial charge in [0.25, 0.3) is 5.56 Å². The maximum absolute atomic E-state index is 12.4. The summed E-state index contributed by atoms with van der Waals surface area (Å²) in [7, 11) is 3.30. The quantitative estimate of drug-likeness (QED) is 0.663. The van der Waals surface area contributed by atoms with E-state index >= 15 is 0 Å². The summed E-state index contributed by atoms with van der Waals surface area (Å²) in [5, 5.41) is 18.0. The monoisotopic (exact) mass is 296 g/mol. The Morgan fingerprint density at radius 3 is 2.67 bits per heavy atom. The minimum Gasteiger partial charge on any atom is -0.394 e. The Labute approximate surface area is 120 Å². The lowest BCUT2D eigenvalue weighted by Crippen LogP contribution is -2.39. The lowest BCUT2D eigenvalue weighted by Gasteiger charge is -2.09. The Bertz CT molecular complexity index is 743. The fourth-order valence-corrected chi connectivity index (χ4v) is 2.33. The molecule has 21 heavy (non-hydrogen) atoms. The van der Waals surface area contributed by atoms with E-state index in [1.807, 2.05) is 0 Å². The van der Waals surface area contributed by atoms with Crippen molar-refractivity contribution < 1.29 is 10.2 Å². The van der Waals surface area contributed by atoms with E-state index in [0.29, 0.717) is 30.4 Å². The Morgan fingerprint density at radius 1 is 1.29 bits per heavy atom. The van der Waals surface area contributed by atoms with Crippen LogP contribution >= 0.6 is 0 Å². The molecule has 0 amide bonds. The van der Waals surface area contributed by atoms with Gasteiger partial charge in [-0.1, -0.05) is 0 Å². The average molecular weight is 296 g/mol. The van der Waals surface area contributed by atoms with Gasteiger partial charge in [0.1, 0.15) is 0 Å². The number of aliphatic hydroxyl groups excluding tert-OH is 2. The summed E-state index contributed by atoms with van der Waals surface area (Å²) in [5.74, 6) is 0. The molecule has 0 aliphatic carbocycles. The summed E-state index contributed by atoms with van der Waals surface area (Å²) in [4.78, 5) is 28.6. The van der Waals surface area contributed by atoms with Crippen molar-refractivity contribution in [3.63, 3.8) is 0 Å². The van der Waals surface area contributed by atoms with Crippen LogP contribution in [0, 0.1) is 0 Å². The van der Waals surface area contributed by atoms with Crippen LogP contribution in [0.2, 0.25) is 0 Å². The fraction of sp³-hybridized carbons (Fsp3) is 0.615. The van der Waals surface area contributed by atoms with Crippen LogP contribution in [0.25, 0.3) is 11.2 Å². The van der Waals surface area contributed by atoms with E-state index in [4.69, 9.17) is 5.11 Å². The molecule has 8 heteroatoms. The standard InChI is InChI=1S/C13H20N4O4/c1-15-8-14-11-10(15)12(20)17(13(21)16(11)2)6-4-3-5-9(19)7-18/h8-9,18-19H,3-7H2,1-2H3. The molecule has 0 spiro atoms. The van der Waals surface area contributed by atoms with Gasteiger partial charge in [-0.2, -0.15) is 0 Å². The molecule has 0 saturated heterocycles. The molecule has 0 fully saturated rings. The maximum atomic E-state index is 12.4. The van der Waals surface area contributed by atoms with E-state index in [2.05, 4.69) is 4.98 Å². The van der Waals surface area contributed by atoms with Crippen molar-refractivity contribution in [3.05, 3.63) is 27.2 Å². The van der Waals surface area contributed by atoms with Gasteiger partial charge in [0.05, 0.1) is 19.0 Å². The molecule has 1 unspecified atom stereocenters. The molecule has 2 N–H and O–H groups in total. The molecular formula is C13H20N4O4. The number of nitrogens with zero attached hydrogens (tertiary/aromatic N) is 4. The van der Waals surface area contributed by atoms with Gasteiger partial charge in [-0.3, -0.25) is 13.9 Å². The third-order valence-corrected chi connectivity index (χ3v) is 3.58. The first-order valence-electron chi connectivity index (χ1n) is 6.87. The van der Waals surface area contributed by atoms with E-state index in [0.717, 1.165) is 0 Å². The zero-order valence-electron chi connectivity index (χ0n) is 12.2. The second kappa shape index (κ2) is 6.23. The number of hydrogen-bond donors (Lipinski definition) is 2. The van der Waals surface area contributed by atoms with Crippen molar-refractivity contribution in [1.29, 1.82) is 0 Å².